The first-order chi connectivity index (χ1) is 14.2. The maximum Gasteiger partial charge on any atom is 0.271 e. The second-order valence-corrected chi connectivity index (χ2v) is 8.20. The minimum absolute atomic E-state index is 0.0976. The minimum Gasteiger partial charge on any atom is -0.353 e. The lowest BCUT2D eigenvalue weighted by Gasteiger charge is -2.32. The van der Waals surface area contributed by atoms with Crippen LogP contribution in [0.5, 0.6) is 0 Å². The van der Waals surface area contributed by atoms with E-state index in [0.717, 1.165) is 31.2 Å². The van der Waals surface area contributed by atoms with E-state index >= 15 is 0 Å². The van der Waals surface area contributed by atoms with Gasteiger partial charge in [-0.15, -0.1) is 0 Å². The summed E-state index contributed by atoms with van der Waals surface area (Å²) in [5.41, 5.74) is 2.01. The third-order valence-corrected chi connectivity index (χ3v) is 6.05. The number of carbonyl (C=O) groups is 2. The lowest BCUT2D eigenvalue weighted by Crippen LogP contribution is -2.47. The van der Waals surface area contributed by atoms with Gasteiger partial charge in [-0.2, -0.15) is 5.10 Å². The highest BCUT2D eigenvalue weighted by Gasteiger charge is 2.30. The number of rotatable bonds is 4. The summed E-state index contributed by atoms with van der Waals surface area (Å²) in [6, 6.07) is 5.81. The number of aromatic nitrogens is 3. The molecule has 2 fully saturated rings. The second-order valence-electron chi connectivity index (χ2n) is 8.20. The van der Waals surface area contributed by atoms with Crippen LogP contribution in [0.4, 0.5) is 0 Å². The summed E-state index contributed by atoms with van der Waals surface area (Å²) >= 11 is 0. The van der Waals surface area contributed by atoms with Gasteiger partial charge >= 0.3 is 0 Å². The summed E-state index contributed by atoms with van der Waals surface area (Å²) in [7, 11) is 0. The molecule has 0 aromatic carbocycles. The molecular weight excluding hydrogens is 366 g/mol. The van der Waals surface area contributed by atoms with Crippen LogP contribution in [0.25, 0.3) is 11.3 Å². The van der Waals surface area contributed by atoms with Crippen LogP contribution < -0.4 is 5.32 Å². The monoisotopic (exact) mass is 395 g/mol. The van der Waals surface area contributed by atoms with Gasteiger partial charge in [-0.1, -0.05) is 25.7 Å². The molecule has 1 saturated carbocycles. The fraction of sp³-hybridized carbons (Fsp3) is 0.545. The molecule has 2 amide bonds. The van der Waals surface area contributed by atoms with E-state index in [1.165, 1.54) is 25.7 Å². The molecule has 0 bridgehead atoms. The largest absolute Gasteiger partial charge is 0.353 e. The number of pyridine rings is 1. The summed E-state index contributed by atoms with van der Waals surface area (Å²) in [6.45, 7) is 1.14. The predicted molar refractivity (Wildman–Crippen MR) is 110 cm³/mol. The average Bonchev–Trinajstić information content (AvgIpc) is 3.12. The molecule has 2 aromatic heterocycles. The lowest BCUT2D eigenvalue weighted by molar-refractivity contribution is -0.127. The molecule has 1 aliphatic carbocycles. The normalized spacial score (nSPS) is 20.8. The zero-order valence-electron chi connectivity index (χ0n) is 16.8. The fourth-order valence-electron chi connectivity index (χ4n) is 4.38. The molecular formula is C22H29N5O2. The number of carbonyl (C=O) groups excluding carboxylic acids is 2. The summed E-state index contributed by atoms with van der Waals surface area (Å²) in [5.74, 6) is -0.119. The Kier molecular flexibility index (Phi) is 6.22. The van der Waals surface area contributed by atoms with Crippen molar-refractivity contribution in [3.8, 4) is 11.3 Å². The van der Waals surface area contributed by atoms with E-state index in [1.54, 1.807) is 23.4 Å². The van der Waals surface area contributed by atoms with Crippen molar-refractivity contribution in [1.82, 2.24) is 25.4 Å². The SMILES string of the molecule is O=C(NC1CCCCCC1)C1CCCN(C(=O)c2cc(-c3cccnc3)n[nH]2)C1. The number of nitrogens with zero attached hydrogens (tertiary/aromatic N) is 3. The molecule has 4 rings (SSSR count). The third-order valence-electron chi connectivity index (χ3n) is 6.05. The Morgan fingerprint density at radius 3 is 2.69 bits per heavy atom. The van der Waals surface area contributed by atoms with Crippen molar-refractivity contribution in [2.45, 2.75) is 57.4 Å². The van der Waals surface area contributed by atoms with Crippen LogP contribution in [0.2, 0.25) is 0 Å². The average molecular weight is 396 g/mol. The van der Waals surface area contributed by atoms with E-state index in [2.05, 4.69) is 20.5 Å². The van der Waals surface area contributed by atoms with Crippen LogP contribution in [0, 0.1) is 5.92 Å². The van der Waals surface area contributed by atoms with Gasteiger partial charge in [-0.05, 0) is 43.9 Å². The van der Waals surface area contributed by atoms with Gasteiger partial charge in [-0.3, -0.25) is 19.7 Å². The van der Waals surface area contributed by atoms with Crippen LogP contribution in [0.3, 0.4) is 0 Å². The lowest BCUT2D eigenvalue weighted by atomic mass is 9.96. The van der Waals surface area contributed by atoms with Gasteiger partial charge in [0.25, 0.3) is 5.91 Å². The van der Waals surface area contributed by atoms with E-state index < -0.39 is 0 Å². The molecule has 2 N–H and O–H groups in total. The van der Waals surface area contributed by atoms with Crippen LogP contribution in [0.15, 0.2) is 30.6 Å². The standard InChI is InChI=1S/C22H29N5O2/c28-21(24-18-9-3-1-2-4-10-18)17-8-6-12-27(15-17)22(29)20-13-19(25-26-20)16-7-5-11-23-14-16/h5,7,11,13-14,17-18H,1-4,6,8-10,12,15H2,(H,24,28)(H,25,26). The Hall–Kier alpha value is -2.70. The smallest absolute Gasteiger partial charge is 0.271 e. The van der Waals surface area contributed by atoms with E-state index in [0.29, 0.717) is 30.5 Å². The fourth-order valence-corrected chi connectivity index (χ4v) is 4.38. The van der Waals surface area contributed by atoms with Crippen molar-refractivity contribution in [2.24, 2.45) is 5.92 Å². The maximum atomic E-state index is 13.0. The van der Waals surface area contributed by atoms with Crippen molar-refractivity contribution in [2.75, 3.05) is 13.1 Å². The molecule has 1 aliphatic heterocycles. The molecule has 29 heavy (non-hydrogen) atoms. The molecule has 154 valence electrons. The van der Waals surface area contributed by atoms with Crippen LogP contribution in [-0.4, -0.2) is 51.0 Å². The molecule has 0 radical (unpaired) electrons. The first-order valence-electron chi connectivity index (χ1n) is 10.8. The minimum atomic E-state index is -0.128. The Morgan fingerprint density at radius 2 is 1.93 bits per heavy atom. The van der Waals surface area contributed by atoms with E-state index in [4.69, 9.17) is 0 Å². The number of likely N-dealkylation sites (tertiary alicyclic amines) is 1. The van der Waals surface area contributed by atoms with Crippen molar-refractivity contribution in [3.05, 3.63) is 36.3 Å². The first kappa shape index (κ1) is 19.6. The number of amides is 2. The third kappa shape index (κ3) is 4.83. The molecule has 1 unspecified atom stereocenters. The van der Waals surface area contributed by atoms with Crippen molar-refractivity contribution in [3.63, 3.8) is 0 Å². The highest BCUT2D eigenvalue weighted by atomic mass is 16.2. The number of aromatic amines is 1. The molecule has 1 saturated heterocycles. The first-order valence-corrected chi connectivity index (χ1v) is 10.8. The van der Waals surface area contributed by atoms with Crippen molar-refractivity contribution >= 4 is 11.8 Å². The molecule has 7 heteroatoms. The number of piperidine rings is 1. The Bertz CT molecular complexity index is 827. The summed E-state index contributed by atoms with van der Waals surface area (Å²) in [4.78, 5) is 31.6. The van der Waals surface area contributed by atoms with Gasteiger partial charge < -0.3 is 10.2 Å². The van der Waals surface area contributed by atoms with Crippen LogP contribution in [0.1, 0.15) is 61.9 Å². The number of hydrogen-bond donors (Lipinski definition) is 2. The van der Waals surface area contributed by atoms with Crippen molar-refractivity contribution < 1.29 is 9.59 Å². The van der Waals surface area contributed by atoms with E-state index in [-0.39, 0.29) is 17.7 Å². The van der Waals surface area contributed by atoms with Crippen molar-refractivity contribution in [1.29, 1.82) is 0 Å². The van der Waals surface area contributed by atoms with Gasteiger partial charge in [0.2, 0.25) is 5.91 Å². The van der Waals surface area contributed by atoms with Gasteiger partial charge in [0, 0.05) is 37.1 Å². The van der Waals surface area contributed by atoms with Gasteiger partial charge in [0.05, 0.1) is 11.6 Å². The summed E-state index contributed by atoms with van der Waals surface area (Å²) in [6.07, 6.45) is 12.2. The number of nitrogens with one attached hydrogen (secondary N) is 2. The molecule has 2 aliphatic rings. The zero-order chi connectivity index (χ0) is 20.1. The van der Waals surface area contributed by atoms with E-state index in [9.17, 15) is 9.59 Å². The van der Waals surface area contributed by atoms with Crippen LogP contribution in [-0.2, 0) is 4.79 Å². The predicted octanol–water partition coefficient (Wildman–Crippen LogP) is 3.16. The van der Waals surface area contributed by atoms with E-state index in [1.807, 2.05) is 12.1 Å². The van der Waals surface area contributed by atoms with Gasteiger partial charge in [-0.25, -0.2) is 0 Å². The number of H-pyrrole nitrogens is 1. The molecule has 3 heterocycles. The summed E-state index contributed by atoms with van der Waals surface area (Å²) < 4.78 is 0. The number of hydrogen-bond acceptors (Lipinski definition) is 4. The Labute approximate surface area is 171 Å². The highest BCUT2D eigenvalue weighted by molar-refractivity contribution is 5.94. The van der Waals surface area contributed by atoms with Gasteiger partial charge in [0.1, 0.15) is 5.69 Å². The molecule has 7 nitrogen and oxygen atoms in total. The Balaban J connectivity index is 1.37. The Morgan fingerprint density at radius 1 is 1.10 bits per heavy atom. The quantitative estimate of drug-likeness (QED) is 0.778. The maximum absolute atomic E-state index is 13.0. The second kappa shape index (κ2) is 9.20. The van der Waals surface area contributed by atoms with Gasteiger partial charge in [0.15, 0.2) is 0 Å². The molecule has 2 aromatic rings. The topological polar surface area (TPSA) is 91.0 Å². The molecule has 0 spiro atoms. The van der Waals surface area contributed by atoms with Crippen LogP contribution >= 0.6 is 0 Å². The summed E-state index contributed by atoms with van der Waals surface area (Å²) in [5, 5.41) is 10.3. The molecule has 1 atom stereocenters. The highest BCUT2D eigenvalue weighted by Crippen LogP contribution is 2.22. The zero-order valence-corrected chi connectivity index (χ0v) is 16.8.